The van der Waals surface area contributed by atoms with Gasteiger partial charge in [0.15, 0.2) is 17.4 Å². The molecule has 8 heteroatoms. The zero-order valence-corrected chi connectivity index (χ0v) is 15.9. The second-order valence-electron chi connectivity index (χ2n) is 6.74. The number of halogens is 2. The maximum Gasteiger partial charge on any atom is 0.287 e. The second-order valence-corrected chi connectivity index (χ2v) is 6.74. The first kappa shape index (κ1) is 19.8. The zero-order chi connectivity index (χ0) is 20.4. The minimum atomic E-state index is -0.933. The Morgan fingerprint density at radius 2 is 2.04 bits per heavy atom. The molecule has 148 valence electrons. The molecule has 2 heterocycles. The van der Waals surface area contributed by atoms with Crippen LogP contribution in [-0.2, 0) is 13.5 Å². The first-order valence-corrected chi connectivity index (χ1v) is 8.84. The number of aryl methyl sites for hydroxylation is 3. The lowest BCUT2D eigenvalue weighted by molar-refractivity contribution is 0.0908. The molecule has 1 aromatic carbocycles. The van der Waals surface area contributed by atoms with Crippen molar-refractivity contribution in [3.8, 4) is 11.3 Å². The molecule has 0 aliphatic heterocycles. The van der Waals surface area contributed by atoms with Crippen LogP contribution in [0.25, 0.3) is 11.3 Å². The highest BCUT2D eigenvalue weighted by Crippen LogP contribution is 2.29. The van der Waals surface area contributed by atoms with E-state index in [0.29, 0.717) is 11.3 Å². The van der Waals surface area contributed by atoms with Crippen molar-refractivity contribution in [2.45, 2.75) is 26.3 Å². The molecule has 3 N–H and O–H groups in total. The maximum atomic E-state index is 13.4. The van der Waals surface area contributed by atoms with E-state index < -0.39 is 23.6 Å². The largest absolute Gasteiger partial charge is 0.455 e. The molecule has 0 aliphatic rings. The van der Waals surface area contributed by atoms with Gasteiger partial charge in [-0.25, -0.2) is 8.78 Å². The average Bonchev–Trinajstić information content (AvgIpc) is 3.19. The minimum Gasteiger partial charge on any atom is -0.455 e. The molecular weight excluding hydrogens is 366 g/mol. The molecule has 0 radical (unpaired) electrons. The maximum absolute atomic E-state index is 13.4. The fraction of sp³-hybridized carbons (Fsp3) is 0.300. The number of carbonyl (C=O) groups excluding carboxylic acids is 1. The molecule has 0 bridgehead atoms. The molecular formula is C20H22F2N4O2. The predicted molar refractivity (Wildman–Crippen MR) is 101 cm³/mol. The summed E-state index contributed by atoms with van der Waals surface area (Å²) < 4.78 is 33.8. The molecule has 3 aromatic rings. The van der Waals surface area contributed by atoms with Crippen LogP contribution in [0, 0.1) is 25.5 Å². The van der Waals surface area contributed by atoms with Gasteiger partial charge in [-0.1, -0.05) is 6.07 Å². The summed E-state index contributed by atoms with van der Waals surface area (Å²) in [6.07, 6.45) is 2.01. The molecule has 28 heavy (non-hydrogen) atoms. The van der Waals surface area contributed by atoms with Crippen molar-refractivity contribution in [3.05, 3.63) is 64.7 Å². The molecule has 6 nitrogen and oxygen atoms in total. The second kappa shape index (κ2) is 7.93. The molecule has 1 amide bonds. The number of nitrogens with zero attached hydrogens (tertiary/aromatic N) is 2. The fourth-order valence-corrected chi connectivity index (χ4v) is 3.16. The van der Waals surface area contributed by atoms with Gasteiger partial charge in [0.2, 0.25) is 0 Å². The summed E-state index contributed by atoms with van der Waals surface area (Å²) in [7, 11) is 1.82. The van der Waals surface area contributed by atoms with E-state index in [0.717, 1.165) is 29.0 Å². The summed E-state index contributed by atoms with van der Waals surface area (Å²) in [6.45, 7) is 3.85. The topological polar surface area (TPSA) is 86.1 Å². The van der Waals surface area contributed by atoms with Gasteiger partial charge in [0.1, 0.15) is 5.76 Å². The highest BCUT2D eigenvalue weighted by Gasteiger charge is 2.21. The Balaban J connectivity index is 1.76. The van der Waals surface area contributed by atoms with Crippen molar-refractivity contribution in [1.29, 1.82) is 0 Å². The van der Waals surface area contributed by atoms with E-state index >= 15 is 0 Å². The predicted octanol–water partition coefficient (Wildman–Crippen LogP) is 2.87. The molecule has 0 spiro atoms. The first-order chi connectivity index (χ1) is 13.3. The Bertz CT molecular complexity index is 990. The van der Waals surface area contributed by atoms with Crippen molar-refractivity contribution in [2.75, 3.05) is 6.54 Å². The summed E-state index contributed by atoms with van der Waals surface area (Å²) in [5, 5.41) is 6.99. The number of furan rings is 1. The Morgan fingerprint density at radius 1 is 1.29 bits per heavy atom. The Labute approximate surface area is 161 Å². The third kappa shape index (κ3) is 3.96. The van der Waals surface area contributed by atoms with E-state index in [4.69, 9.17) is 10.2 Å². The summed E-state index contributed by atoms with van der Waals surface area (Å²) in [6, 6.07) is 4.83. The van der Waals surface area contributed by atoms with Gasteiger partial charge < -0.3 is 15.5 Å². The van der Waals surface area contributed by atoms with E-state index in [-0.39, 0.29) is 18.7 Å². The van der Waals surface area contributed by atoms with Gasteiger partial charge in [-0.15, -0.1) is 0 Å². The number of nitrogens with one attached hydrogen (secondary N) is 1. The minimum absolute atomic E-state index is 0.137. The number of amides is 1. The summed E-state index contributed by atoms with van der Waals surface area (Å²) in [5.41, 5.74) is 8.91. The smallest absolute Gasteiger partial charge is 0.287 e. The van der Waals surface area contributed by atoms with Gasteiger partial charge in [0.05, 0.1) is 11.9 Å². The molecule has 0 saturated carbocycles. The highest BCUT2D eigenvalue weighted by molar-refractivity contribution is 5.93. The Hall–Kier alpha value is -3.00. The van der Waals surface area contributed by atoms with Crippen LogP contribution >= 0.6 is 0 Å². The van der Waals surface area contributed by atoms with Crippen molar-refractivity contribution >= 4 is 5.91 Å². The number of nitrogens with two attached hydrogens (primary N) is 1. The van der Waals surface area contributed by atoms with Crippen molar-refractivity contribution in [2.24, 2.45) is 12.8 Å². The molecule has 3 rings (SSSR count). The van der Waals surface area contributed by atoms with Crippen LogP contribution in [-0.4, -0.2) is 28.3 Å². The molecule has 0 saturated heterocycles. The normalized spacial score (nSPS) is 12.2. The molecule has 0 fully saturated rings. The van der Waals surface area contributed by atoms with Crippen LogP contribution in [0.15, 0.2) is 34.9 Å². The van der Waals surface area contributed by atoms with Crippen molar-refractivity contribution in [3.63, 3.8) is 0 Å². The van der Waals surface area contributed by atoms with E-state index in [1.54, 1.807) is 23.9 Å². The monoisotopic (exact) mass is 388 g/mol. The van der Waals surface area contributed by atoms with Gasteiger partial charge in [0.25, 0.3) is 5.91 Å². The van der Waals surface area contributed by atoms with Crippen LogP contribution in [0.5, 0.6) is 0 Å². The fourth-order valence-electron chi connectivity index (χ4n) is 3.16. The van der Waals surface area contributed by atoms with Crippen LogP contribution in [0.4, 0.5) is 8.78 Å². The quantitative estimate of drug-likeness (QED) is 0.680. The lowest BCUT2D eigenvalue weighted by Gasteiger charge is -2.16. The van der Waals surface area contributed by atoms with Crippen LogP contribution in [0.2, 0.25) is 0 Å². The van der Waals surface area contributed by atoms with E-state index in [9.17, 15) is 13.6 Å². The van der Waals surface area contributed by atoms with Crippen LogP contribution < -0.4 is 11.1 Å². The van der Waals surface area contributed by atoms with Gasteiger partial charge in [0, 0.05) is 25.2 Å². The van der Waals surface area contributed by atoms with Gasteiger partial charge in [-0.05, 0) is 49.6 Å². The number of aromatic nitrogens is 2. The Morgan fingerprint density at radius 3 is 2.64 bits per heavy atom. The summed E-state index contributed by atoms with van der Waals surface area (Å²) in [5.74, 6) is -1.52. The van der Waals surface area contributed by atoms with E-state index in [2.05, 4.69) is 10.4 Å². The third-order valence-electron chi connectivity index (χ3n) is 4.60. The number of rotatable bonds is 6. The number of benzene rings is 1. The first-order valence-electron chi connectivity index (χ1n) is 8.84. The van der Waals surface area contributed by atoms with Gasteiger partial charge in [-0.2, -0.15) is 5.10 Å². The number of carbonyl (C=O) groups is 1. The van der Waals surface area contributed by atoms with Crippen molar-refractivity contribution in [1.82, 2.24) is 15.1 Å². The standard InChI is InChI=1S/C20H22F2N4O2/c1-11-10-24-26(3)19(11)15-8-18(28-12(15)2)20(27)25-14(9-23)6-13-4-5-16(21)17(22)7-13/h4-5,7-8,10,14H,6,9,23H2,1-3H3,(H,25,27). The molecule has 1 unspecified atom stereocenters. The average molecular weight is 388 g/mol. The van der Waals surface area contributed by atoms with Gasteiger partial charge in [-0.3, -0.25) is 9.48 Å². The Kier molecular flexibility index (Phi) is 5.60. The summed E-state index contributed by atoms with van der Waals surface area (Å²) in [4.78, 5) is 12.6. The molecule has 1 atom stereocenters. The van der Waals surface area contributed by atoms with Crippen LogP contribution in [0.1, 0.15) is 27.4 Å². The number of hydrogen-bond acceptors (Lipinski definition) is 4. The van der Waals surface area contributed by atoms with Gasteiger partial charge >= 0.3 is 0 Å². The van der Waals surface area contributed by atoms with E-state index in [1.807, 2.05) is 14.0 Å². The molecule has 0 aliphatic carbocycles. The SMILES string of the molecule is Cc1cnn(C)c1-c1cc(C(=O)NC(CN)Cc2ccc(F)c(F)c2)oc1C. The summed E-state index contributed by atoms with van der Waals surface area (Å²) >= 11 is 0. The number of hydrogen-bond donors (Lipinski definition) is 2. The highest BCUT2D eigenvalue weighted by atomic mass is 19.2. The molecule has 2 aromatic heterocycles. The van der Waals surface area contributed by atoms with E-state index in [1.165, 1.54) is 6.07 Å². The lowest BCUT2D eigenvalue weighted by Crippen LogP contribution is -2.41. The van der Waals surface area contributed by atoms with Crippen LogP contribution in [0.3, 0.4) is 0 Å². The lowest BCUT2D eigenvalue weighted by atomic mass is 10.1. The third-order valence-corrected chi connectivity index (χ3v) is 4.60. The zero-order valence-electron chi connectivity index (χ0n) is 15.9. The van der Waals surface area contributed by atoms with Crippen molar-refractivity contribution < 1.29 is 18.0 Å².